The Morgan fingerprint density at radius 3 is 2.71 bits per heavy atom. The summed E-state index contributed by atoms with van der Waals surface area (Å²) in [4.78, 5) is 11.9. The van der Waals surface area contributed by atoms with Crippen LogP contribution < -0.4 is 0 Å². The van der Waals surface area contributed by atoms with Crippen molar-refractivity contribution in [2.45, 2.75) is 13.8 Å². The van der Waals surface area contributed by atoms with Gasteiger partial charge in [0.1, 0.15) is 6.07 Å². The molecule has 0 spiro atoms. The molecule has 5 nitrogen and oxygen atoms in total. The van der Waals surface area contributed by atoms with Crippen molar-refractivity contribution in [3.63, 3.8) is 0 Å². The molecule has 0 fully saturated rings. The minimum Gasteiger partial charge on any atom is -0.447 e. The molecule has 0 bridgehead atoms. The number of benzene rings is 1. The number of carbonyl (C=O) groups excluding carboxylic acids is 1. The Labute approximate surface area is 131 Å². The number of ether oxygens (including phenoxy) is 1. The lowest BCUT2D eigenvalue weighted by Crippen LogP contribution is -2.08. The molecule has 7 heteroatoms. The van der Waals surface area contributed by atoms with Crippen LogP contribution in [0.25, 0.3) is 5.69 Å². The van der Waals surface area contributed by atoms with Gasteiger partial charge in [-0.3, -0.25) is 0 Å². The lowest BCUT2D eigenvalue weighted by atomic mass is 10.2. The molecule has 2 aromatic rings. The first-order valence-corrected chi connectivity index (χ1v) is 6.77. The molecule has 0 N–H and O–H groups in total. The van der Waals surface area contributed by atoms with Crippen LogP contribution in [0.3, 0.4) is 0 Å². The van der Waals surface area contributed by atoms with Crippen LogP contribution >= 0.6 is 23.2 Å². The Bertz CT molecular complexity index is 747. The molecule has 0 radical (unpaired) electrons. The maximum atomic E-state index is 11.9. The quantitative estimate of drug-likeness (QED) is 0.811. The van der Waals surface area contributed by atoms with Crippen LogP contribution in [-0.4, -0.2) is 22.4 Å². The fourth-order valence-electron chi connectivity index (χ4n) is 1.85. The number of carbonyl (C=O) groups is 1. The van der Waals surface area contributed by atoms with Crippen LogP contribution in [0.4, 0.5) is 0 Å². The van der Waals surface area contributed by atoms with E-state index in [1.54, 1.807) is 35.9 Å². The molecule has 0 saturated carbocycles. The van der Waals surface area contributed by atoms with Crippen LogP contribution in [0, 0.1) is 25.2 Å². The number of hydrogen-bond acceptors (Lipinski definition) is 4. The van der Waals surface area contributed by atoms with Crippen molar-refractivity contribution in [1.82, 2.24) is 9.78 Å². The van der Waals surface area contributed by atoms with E-state index in [-0.39, 0.29) is 17.2 Å². The molecule has 21 heavy (non-hydrogen) atoms. The van der Waals surface area contributed by atoms with E-state index in [2.05, 4.69) is 5.10 Å². The van der Waals surface area contributed by atoms with Crippen LogP contribution in [0.15, 0.2) is 18.2 Å². The average molecular weight is 324 g/mol. The van der Waals surface area contributed by atoms with E-state index in [9.17, 15) is 4.79 Å². The largest absolute Gasteiger partial charge is 0.447 e. The smallest absolute Gasteiger partial charge is 0.340 e. The van der Waals surface area contributed by atoms with Gasteiger partial charge in [0.25, 0.3) is 0 Å². The third-order valence-electron chi connectivity index (χ3n) is 2.89. The van der Waals surface area contributed by atoms with E-state index in [1.165, 1.54) is 0 Å². The summed E-state index contributed by atoms with van der Waals surface area (Å²) in [5.41, 5.74) is 2.26. The summed E-state index contributed by atoms with van der Waals surface area (Å²) in [6, 6.07) is 6.58. The molecule has 0 saturated heterocycles. The van der Waals surface area contributed by atoms with E-state index in [1.807, 2.05) is 6.92 Å². The maximum absolute atomic E-state index is 11.9. The second kappa shape index (κ2) is 6.17. The Morgan fingerprint density at radius 1 is 1.43 bits per heavy atom. The molecule has 0 aliphatic carbocycles. The van der Waals surface area contributed by atoms with Gasteiger partial charge in [0.2, 0.25) is 0 Å². The highest BCUT2D eigenvalue weighted by Gasteiger charge is 2.16. The summed E-state index contributed by atoms with van der Waals surface area (Å²) < 4.78 is 6.39. The highest BCUT2D eigenvalue weighted by atomic mass is 35.5. The number of esters is 1. The van der Waals surface area contributed by atoms with Gasteiger partial charge in [-0.1, -0.05) is 23.2 Å². The molecule has 2 rings (SSSR count). The monoisotopic (exact) mass is 323 g/mol. The molecule has 1 aromatic carbocycles. The molecule has 0 atom stereocenters. The third kappa shape index (κ3) is 3.02. The zero-order valence-electron chi connectivity index (χ0n) is 11.4. The number of halogens is 2. The van der Waals surface area contributed by atoms with Crippen molar-refractivity contribution in [2.24, 2.45) is 0 Å². The molecule has 1 heterocycles. The highest BCUT2D eigenvalue weighted by molar-refractivity contribution is 6.33. The van der Waals surface area contributed by atoms with Gasteiger partial charge < -0.3 is 4.74 Å². The molecular weight excluding hydrogens is 313 g/mol. The Kier molecular flexibility index (Phi) is 4.51. The van der Waals surface area contributed by atoms with Gasteiger partial charge in [-0.05, 0) is 32.0 Å². The summed E-state index contributed by atoms with van der Waals surface area (Å²) in [7, 11) is 0. The normalized spacial score (nSPS) is 10.2. The summed E-state index contributed by atoms with van der Waals surface area (Å²) in [5.74, 6) is -0.656. The summed E-state index contributed by atoms with van der Waals surface area (Å²) >= 11 is 12.1. The van der Waals surface area contributed by atoms with Crippen molar-refractivity contribution >= 4 is 29.2 Å². The second-order valence-corrected chi connectivity index (χ2v) is 5.08. The van der Waals surface area contributed by atoms with E-state index in [0.717, 1.165) is 5.69 Å². The fourth-order valence-corrected chi connectivity index (χ4v) is 2.16. The fraction of sp³-hybridized carbons (Fsp3) is 0.214. The molecule has 108 valence electrons. The van der Waals surface area contributed by atoms with E-state index >= 15 is 0 Å². The Morgan fingerprint density at radius 2 is 2.14 bits per heavy atom. The molecule has 0 aliphatic rings. The van der Waals surface area contributed by atoms with E-state index in [4.69, 9.17) is 33.2 Å². The van der Waals surface area contributed by atoms with E-state index < -0.39 is 5.97 Å². The lowest BCUT2D eigenvalue weighted by molar-refractivity contribution is 0.0555. The van der Waals surface area contributed by atoms with Gasteiger partial charge in [-0.15, -0.1) is 0 Å². The van der Waals surface area contributed by atoms with Gasteiger partial charge in [0.15, 0.2) is 6.61 Å². The van der Waals surface area contributed by atoms with Gasteiger partial charge in [0, 0.05) is 0 Å². The third-order valence-corrected chi connectivity index (χ3v) is 3.76. The first-order valence-electron chi connectivity index (χ1n) is 6.01. The van der Waals surface area contributed by atoms with Gasteiger partial charge in [-0.25, -0.2) is 9.48 Å². The average Bonchev–Trinajstić information content (AvgIpc) is 2.73. The van der Waals surface area contributed by atoms with Crippen molar-refractivity contribution in [1.29, 1.82) is 5.26 Å². The summed E-state index contributed by atoms with van der Waals surface area (Å²) in [6.45, 7) is 3.29. The van der Waals surface area contributed by atoms with Crippen LogP contribution in [-0.2, 0) is 4.74 Å². The Hall–Kier alpha value is -2.03. The standard InChI is InChI=1S/C14H11Cl2N3O2/c1-8-13(16)9(2)19(18-8)10-3-4-12(15)11(7-10)14(20)21-6-5-17/h3-4,7H,6H2,1-2H3. The predicted octanol–water partition coefficient (Wildman–Crippen LogP) is 3.48. The molecule has 0 unspecified atom stereocenters. The number of aromatic nitrogens is 2. The molecule has 1 aromatic heterocycles. The highest BCUT2D eigenvalue weighted by Crippen LogP contribution is 2.25. The second-order valence-electron chi connectivity index (χ2n) is 4.30. The van der Waals surface area contributed by atoms with Crippen LogP contribution in [0.2, 0.25) is 10.0 Å². The number of nitriles is 1. The first kappa shape index (κ1) is 15.4. The van der Waals surface area contributed by atoms with Gasteiger partial charge in [0.05, 0.1) is 32.7 Å². The molecule has 0 amide bonds. The van der Waals surface area contributed by atoms with Gasteiger partial charge in [-0.2, -0.15) is 10.4 Å². The first-order chi connectivity index (χ1) is 9.95. The predicted molar refractivity (Wildman–Crippen MR) is 79.0 cm³/mol. The number of aryl methyl sites for hydroxylation is 1. The maximum Gasteiger partial charge on any atom is 0.340 e. The van der Waals surface area contributed by atoms with Crippen molar-refractivity contribution in [2.75, 3.05) is 6.61 Å². The van der Waals surface area contributed by atoms with Crippen LogP contribution in [0.5, 0.6) is 0 Å². The molecule has 0 aliphatic heterocycles. The minimum absolute atomic E-state index is 0.174. The van der Waals surface area contributed by atoms with Crippen molar-refractivity contribution in [3.8, 4) is 11.8 Å². The van der Waals surface area contributed by atoms with Crippen LogP contribution in [0.1, 0.15) is 21.7 Å². The number of rotatable bonds is 3. The Balaban J connectivity index is 2.45. The minimum atomic E-state index is -0.656. The SMILES string of the molecule is Cc1nn(-c2ccc(Cl)c(C(=O)OCC#N)c2)c(C)c1Cl. The number of hydrogen-bond donors (Lipinski definition) is 0. The van der Waals surface area contributed by atoms with E-state index in [0.29, 0.717) is 16.4 Å². The van der Waals surface area contributed by atoms with Gasteiger partial charge >= 0.3 is 5.97 Å². The lowest BCUT2D eigenvalue weighted by Gasteiger charge is -2.08. The summed E-state index contributed by atoms with van der Waals surface area (Å²) in [5, 5.41) is 13.6. The topological polar surface area (TPSA) is 67.9 Å². The van der Waals surface area contributed by atoms with Crippen molar-refractivity contribution in [3.05, 3.63) is 45.2 Å². The zero-order chi connectivity index (χ0) is 15.6. The number of nitrogens with zero attached hydrogens (tertiary/aromatic N) is 3. The zero-order valence-corrected chi connectivity index (χ0v) is 12.9. The van der Waals surface area contributed by atoms with Crippen molar-refractivity contribution < 1.29 is 9.53 Å². The molecular formula is C14H11Cl2N3O2. The summed E-state index contributed by atoms with van der Waals surface area (Å²) in [6.07, 6.45) is 0.